The summed E-state index contributed by atoms with van der Waals surface area (Å²) in [6.45, 7) is -0.465. The number of halogens is 2. The van der Waals surface area contributed by atoms with Gasteiger partial charge in [0.15, 0.2) is 0 Å². The maximum absolute atomic E-state index is 13.4. The Bertz CT molecular complexity index is 504. The molecule has 18 heavy (non-hydrogen) atoms. The van der Waals surface area contributed by atoms with Gasteiger partial charge < -0.3 is 10.4 Å². The second kappa shape index (κ2) is 4.72. The van der Waals surface area contributed by atoms with E-state index in [1.54, 1.807) is 0 Å². The van der Waals surface area contributed by atoms with Gasteiger partial charge in [0.25, 0.3) is 0 Å². The Hall–Kier alpha value is -1.98. The Morgan fingerprint density at radius 1 is 1.39 bits per heavy atom. The molecule has 2 rings (SSSR count). The highest BCUT2D eigenvalue weighted by molar-refractivity contribution is 5.85. The summed E-state index contributed by atoms with van der Waals surface area (Å²) in [5.41, 5.74) is 0.172. The predicted octanol–water partition coefficient (Wildman–Crippen LogP) is 1.27. The normalized spacial score (nSPS) is 21.4. The average Bonchev–Trinajstić information content (AvgIpc) is 3.09. The number of aliphatic carboxylic acids is 1. The SMILES string of the molecule is O=C(O)CNC(=O)C1CC1c1cc(F)ccc1F. The number of benzene rings is 1. The number of hydrogen-bond acceptors (Lipinski definition) is 2. The number of carbonyl (C=O) groups is 2. The molecule has 2 unspecified atom stereocenters. The number of rotatable bonds is 4. The number of hydrogen-bond donors (Lipinski definition) is 2. The van der Waals surface area contributed by atoms with Crippen molar-refractivity contribution in [1.29, 1.82) is 0 Å². The van der Waals surface area contributed by atoms with Crippen molar-refractivity contribution in [1.82, 2.24) is 5.32 Å². The highest BCUT2D eigenvalue weighted by atomic mass is 19.1. The second-order valence-electron chi connectivity index (χ2n) is 4.23. The van der Waals surface area contributed by atoms with E-state index in [1.807, 2.05) is 0 Å². The van der Waals surface area contributed by atoms with Crippen molar-refractivity contribution in [3.8, 4) is 0 Å². The van der Waals surface area contributed by atoms with Crippen LogP contribution in [-0.4, -0.2) is 23.5 Å². The zero-order valence-electron chi connectivity index (χ0n) is 9.32. The van der Waals surface area contributed by atoms with E-state index in [1.165, 1.54) is 0 Å². The van der Waals surface area contributed by atoms with Crippen LogP contribution in [0.15, 0.2) is 18.2 Å². The molecule has 1 aliphatic rings. The summed E-state index contributed by atoms with van der Waals surface area (Å²) in [6, 6.07) is 3.11. The molecule has 0 aromatic heterocycles. The van der Waals surface area contributed by atoms with E-state index in [0.29, 0.717) is 6.42 Å². The Morgan fingerprint density at radius 2 is 2.11 bits per heavy atom. The zero-order chi connectivity index (χ0) is 13.3. The highest BCUT2D eigenvalue weighted by Gasteiger charge is 2.45. The maximum atomic E-state index is 13.4. The van der Waals surface area contributed by atoms with Gasteiger partial charge in [0.1, 0.15) is 18.2 Å². The first kappa shape index (κ1) is 12.5. The van der Waals surface area contributed by atoms with Gasteiger partial charge in [-0.1, -0.05) is 0 Å². The molecule has 1 fully saturated rings. The van der Waals surface area contributed by atoms with Gasteiger partial charge in [-0.15, -0.1) is 0 Å². The second-order valence-corrected chi connectivity index (χ2v) is 4.23. The zero-order valence-corrected chi connectivity index (χ0v) is 9.32. The van der Waals surface area contributed by atoms with Gasteiger partial charge in [-0.3, -0.25) is 9.59 Å². The lowest BCUT2D eigenvalue weighted by Crippen LogP contribution is -2.30. The number of nitrogens with one attached hydrogen (secondary N) is 1. The first-order chi connectivity index (χ1) is 8.49. The number of carbonyl (C=O) groups excluding carboxylic acids is 1. The Balaban J connectivity index is 2.00. The molecule has 0 aliphatic heterocycles. The van der Waals surface area contributed by atoms with E-state index in [4.69, 9.17) is 5.11 Å². The highest BCUT2D eigenvalue weighted by Crippen LogP contribution is 2.48. The molecule has 96 valence electrons. The molecular formula is C12H11F2NO3. The molecule has 0 saturated heterocycles. The molecular weight excluding hydrogens is 244 g/mol. The summed E-state index contributed by atoms with van der Waals surface area (Å²) in [7, 11) is 0. The van der Waals surface area contributed by atoms with E-state index >= 15 is 0 Å². The van der Waals surface area contributed by atoms with Crippen molar-refractivity contribution in [3.05, 3.63) is 35.4 Å². The van der Waals surface area contributed by atoms with Crippen molar-refractivity contribution in [2.75, 3.05) is 6.54 Å². The molecule has 2 atom stereocenters. The third kappa shape index (κ3) is 2.64. The fourth-order valence-corrected chi connectivity index (χ4v) is 1.92. The van der Waals surface area contributed by atoms with Crippen LogP contribution in [0.3, 0.4) is 0 Å². The summed E-state index contributed by atoms with van der Waals surface area (Å²) in [4.78, 5) is 21.8. The standard InChI is InChI=1S/C12H11F2NO3/c13-6-1-2-10(14)8(3-6)7-4-9(7)12(18)15-5-11(16)17/h1-3,7,9H,4-5H2,(H,15,18)(H,16,17). The summed E-state index contributed by atoms with van der Waals surface area (Å²) in [6.07, 6.45) is 0.409. The topological polar surface area (TPSA) is 66.4 Å². The minimum absolute atomic E-state index is 0.172. The first-order valence-corrected chi connectivity index (χ1v) is 5.43. The van der Waals surface area contributed by atoms with Crippen LogP contribution in [-0.2, 0) is 9.59 Å². The lowest BCUT2D eigenvalue weighted by Gasteiger charge is -2.03. The molecule has 0 spiro atoms. The van der Waals surface area contributed by atoms with Crippen LogP contribution in [0, 0.1) is 17.6 Å². The molecule has 0 heterocycles. The van der Waals surface area contributed by atoms with Gasteiger partial charge in [-0.25, -0.2) is 8.78 Å². The van der Waals surface area contributed by atoms with E-state index in [0.717, 1.165) is 18.2 Å². The van der Waals surface area contributed by atoms with Gasteiger partial charge in [0.05, 0.1) is 0 Å². The monoisotopic (exact) mass is 255 g/mol. The minimum atomic E-state index is -1.14. The van der Waals surface area contributed by atoms with Crippen LogP contribution in [0.1, 0.15) is 17.9 Å². The molecule has 2 N–H and O–H groups in total. The van der Waals surface area contributed by atoms with Gasteiger partial charge in [-0.05, 0) is 36.1 Å². The van der Waals surface area contributed by atoms with Crippen LogP contribution in [0.4, 0.5) is 8.78 Å². The number of carboxylic acid groups (broad SMARTS) is 1. The van der Waals surface area contributed by atoms with Crippen LogP contribution in [0.5, 0.6) is 0 Å². The summed E-state index contributed by atoms with van der Waals surface area (Å²) in [5, 5.41) is 10.6. The minimum Gasteiger partial charge on any atom is -0.480 e. The van der Waals surface area contributed by atoms with Gasteiger partial charge in [-0.2, -0.15) is 0 Å². The molecule has 0 bridgehead atoms. The van der Waals surface area contributed by atoms with Crippen molar-refractivity contribution < 1.29 is 23.5 Å². The van der Waals surface area contributed by atoms with Crippen LogP contribution in [0.2, 0.25) is 0 Å². The molecule has 1 aromatic rings. The van der Waals surface area contributed by atoms with Crippen LogP contribution in [0.25, 0.3) is 0 Å². The summed E-state index contributed by atoms with van der Waals surface area (Å²) < 4.78 is 26.4. The molecule has 1 saturated carbocycles. The largest absolute Gasteiger partial charge is 0.480 e. The molecule has 6 heteroatoms. The third-order valence-electron chi connectivity index (χ3n) is 2.90. The van der Waals surface area contributed by atoms with E-state index in [2.05, 4.69) is 5.32 Å². The van der Waals surface area contributed by atoms with Gasteiger partial charge >= 0.3 is 5.97 Å². The Kier molecular flexibility index (Phi) is 3.27. The smallest absolute Gasteiger partial charge is 0.322 e. The molecule has 4 nitrogen and oxygen atoms in total. The number of carboxylic acids is 1. The van der Waals surface area contributed by atoms with Gasteiger partial charge in [0, 0.05) is 5.92 Å². The van der Waals surface area contributed by atoms with Crippen molar-refractivity contribution in [2.24, 2.45) is 5.92 Å². The molecule has 1 amide bonds. The Morgan fingerprint density at radius 3 is 2.78 bits per heavy atom. The lowest BCUT2D eigenvalue weighted by molar-refractivity contribution is -0.138. The molecule has 1 aromatic carbocycles. The van der Waals surface area contributed by atoms with E-state index < -0.39 is 36.0 Å². The maximum Gasteiger partial charge on any atom is 0.322 e. The van der Waals surface area contributed by atoms with E-state index in [-0.39, 0.29) is 11.5 Å². The summed E-state index contributed by atoms with van der Waals surface area (Å²) in [5.74, 6) is -3.52. The first-order valence-electron chi connectivity index (χ1n) is 5.43. The van der Waals surface area contributed by atoms with Crippen molar-refractivity contribution in [3.63, 3.8) is 0 Å². The fraction of sp³-hybridized carbons (Fsp3) is 0.333. The third-order valence-corrected chi connectivity index (χ3v) is 2.90. The van der Waals surface area contributed by atoms with Crippen LogP contribution < -0.4 is 5.32 Å². The lowest BCUT2D eigenvalue weighted by atomic mass is 10.1. The van der Waals surface area contributed by atoms with Crippen molar-refractivity contribution in [2.45, 2.75) is 12.3 Å². The molecule has 1 aliphatic carbocycles. The number of amides is 1. The fourth-order valence-electron chi connectivity index (χ4n) is 1.92. The van der Waals surface area contributed by atoms with Crippen LogP contribution >= 0.6 is 0 Å². The average molecular weight is 255 g/mol. The summed E-state index contributed by atoms with van der Waals surface area (Å²) >= 11 is 0. The molecule has 0 radical (unpaired) electrons. The van der Waals surface area contributed by atoms with Crippen molar-refractivity contribution >= 4 is 11.9 Å². The Labute approximate surface area is 102 Å². The van der Waals surface area contributed by atoms with E-state index in [9.17, 15) is 18.4 Å². The van der Waals surface area contributed by atoms with Gasteiger partial charge in [0.2, 0.25) is 5.91 Å². The quantitative estimate of drug-likeness (QED) is 0.851. The predicted molar refractivity (Wildman–Crippen MR) is 57.9 cm³/mol.